The van der Waals surface area contributed by atoms with Crippen LogP contribution >= 0.6 is 0 Å². The van der Waals surface area contributed by atoms with Gasteiger partial charge < -0.3 is 10.6 Å². The molecule has 1 atom stereocenters. The Kier molecular flexibility index (Phi) is 7.14. The number of nitrogen functional groups attached to an aromatic ring is 1. The van der Waals surface area contributed by atoms with Gasteiger partial charge in [0.05, 0.1) is 11.3 Å². The van der Waals surface area contributed by atoms with Crippen molar-refractivity contribution >= 4 is 22.8 Å². The number of piperazine rings is 1. The van der Waals surface area contributed by atoms with Gasteiger partial charge in [0.2, 0.25) is 0 Å². The Morgan fingerprint density at radius 3 is 2.52 bits per heavy atom. The van der Waals surface area contributed by atoms with E-state index in [2.05, 4.69) is 78.7 Å². The average molecular weight is 579 g/mol. The van der Waals surface area contributed by atoms with E-state index in [1.165, 1.54) is 11.9 Å². The van der Waals surface area contributed by atoms with Gasteiger partial charge in [-0.05, 0) is 48.9 Å². The summed E-state index contributed by atoms with van der Waals surface area (Å²) >= 11 is 0. The van der Waals surface area contributed by atoms with E-state index in [0.29, 0.717) is 17.3 Å². The number of nitrogens with two attached hydrogens (primary N) is 1. The largest absolute Gasteiger partial charge is 0.383 e. The number of rotatable bonds is 6. The number of nitriles is 1. The zero-order valence-corrected chi connectivity index (χ0v) is 24.2. The lowest BCUT2D eigenvalue weighted by Crippen LogP contribution is -2.51. The molecule has 1 fully saturated rings. The van der Waals surface area contributed by atoms with Crippen molar-refractivity contribution in [3.05, 3.63) is 109 Å². The lowest BCUT2D eigenvalue weighted by Gasteiger charge is -2.40. The van der Waals surface area contributed by atoms with Crippen molar-refractivity contribution < 1.29 is 0 Å². The number of hydrogen-bond acceptors (Lipinski definition) is 9. The monoisotopic (exact) mass is 578 g/mol. The Morgan fingerprint density at radius 1 is 0.909 bits per heavy atom. The third kappa shape index (κ3) is 5.21. The molecule has 7 rings (SSSR count). The van der Waals surface area contributed by atoms with E-state index >= 15 is 0 Å². The minimum atomic E-state index is 0.249. The topological polar surface area (TPSA) is 126 Å². The van der Waals surface area contributed by atoms with Crippen LogP contribution in [0.2, 0.25) is 0 Å². The maximum absolute atomic E-state index is 9.23. The summed E-state index contributed by atoms with van der Waals surface area (Å²) in [6.45, 7) is 5.62. The summed E-state index contributed by atoms with van der Waals surface area (Å²) in [7, 11) is 0. The number of pyridine rings is 2. The maximum atomic E-state index is 9.23. The first-order chi connectivity index (χ1) is 21.6. The third-order valence-electron chi connectivity index (χ3n) is 8.03. The number of hydrogen-bond donors (Lipinski definition) is 1. The number of imidazole rings is 1. The molecule has 0 radical (unpaired) electrons. The summed E-state index contributed by atoms with van der Waals surface area (Å²) < 4.78 is 2.07. The summed E-state index contributed by atoms with van der Waals surface area (Å²) in [4.78, 5) is 27.5. The van der Waals surface area contributed by atoms with Crippen LogP contribution in [0.3, 0.4) is 0 Å². The number of nitrogens with zero attached hydrogens (tertiary/aromatic N) is 9. The van der Waals surface area contributed by atoms with Crippen LogP contribution in [0.4, 0.5) is 11.6 Å². The molecule has 10 heteroatoms. The van der Waals surface area contributed by atoms with Gasteiger partial charge in [-0.3, -0.25) is 9.47 Å². The molecule has 5 heterocycles. The second-order valence-corrected chi connectivity index (χ2v) is 10.9. The van der Waals surface area contributed by atoms with Gasteiger partial charge in [0, 0.05) is 55.7 Å². The number of fused-ring (bicyclic) bond motifs is 1. The van der Waals surface area contributed by atoms with E-state index in [9.17, 15) is 5.26 Å². The average Bonchev–Trinajstić information content (AvgIpc) is 3.44. The smallest absolute Gasteiger partial charge is 0.165 e. The fourth-order valence-electron chi connectivity index (χ4n) is 5.85. The van der Waals surface area contributed by atoms with Crippen LogP contribution in [0.5, 0.6) is 0 Å². The molecule has 0 aliphatic carbocycles. The van der Waals surface area contributed by atoms with Crippen LogP contribution in [0.15, 0.2) is 97.5 Å². The summed E-state index contributed by atoms with van der Waals surface area (Å²) in [5.41, 5.74) is 13.1. The first-order valence-corrected chi connectivity index (χ1v) is 14.5. The molecule has 2 aromatic carbocycles. The summed E-state index contributed by atoms with van der Waals surface area (Å²) in [6, 6.07) is 30.6. The minimum Gasteiger partial charge on any atom is -0.383 e. The predicted molar refractivity (Wildman–Crippen MR) is 171 cm³/mol. The molecule has 6 aromatic rings. The van der Waals surface area contributed by atoms with E-state index in [1.54, 1.807) is 12.3 Å². The Morgan fingerprint density at radius 2 is 1.75 bits per heavy atom. The normalized spacial score (nSPS) is 15.4. The van der Waals surface area contributed by atoms with Crippen molar-refractivity contribution in [2.75, 3.05) is 30.3 Å². The van der Waals surface area contributed by atoms with Gasteiger partial charge in [0.15, 0.2) is 11.5 Å². The fourth-order valence-corrected chi connectivity index (χ4v) is 5.85. The van der Waals surface area contributed by atoms with Crippen LogP contribution in [0.1, 0.15) is 18.2 Å². The van der Waals surface area contributed by atoms with Gasteiger partial charge in [0.1, 0.15) is 35.2 Å². The van der Waals surface area contributed by atoms with Gasteiger partial charge in [0.25, 0.3) is 0 Å². The van der Waals surface area contributed by atoms with Crippen molar-refractivity contribution in [2.45, 2.75) is 19.5 Å². The number of anilines is 2. The van der Waals surface area contributed by atoms with Gasteiger partial charge in [-0.25, -0.2) is 24.9 Å². The zero-order valence-electron chi connectivity index (χ0n) is 24.2. The third-order valence-corrected chi connectivity index (χ3v) is 8.03. The van der Waals surface area contributed by atoms with Crippen LogP contribution in [0, 0.1) is 11.3 Å². The van der Waals surface area contributed by atoms with Crippen molar-refractivity contribution in [3.63, 3.8) is 0 Å². The molecule has 1 aliphatic rings. The number of aromatic nitrogens is 6. The first-order valence-electron chi connectivity index (χ1n) is 14.5. The Hall–Kier alpha value is -5.66. The molecule has 0 amide bonds. The van der Waals surface area contributed by atoms with Gasteiger partial charge >= 0.3 is 0 Å². The molecule has 0 bridgehead atoms. The Balaban J connectivity index is 1.18. The van der Waals surface area contributed by atoms with E-state index in [4.69, 9.17) is 15.7 Å². The van der Waals surface area contributed by atoms with Crippen LogP contribution in [0.25, 0.3) is 39.5 Å². The van der Waals surface area contributed by atoms with Crippen molar-refractivity contribution in [2.24, 2.45) is 0 Å². The Bertz CT molecular complexity index is 1980. The van der Waals surface area contributed by atoms with Crippen LogP contribution in [-0.4, -0.2) is 60.1 Å². The minimum absolute atomic E-state index is 0.249. The molecule has 0 unspecified atom stereocenters. The maximum Gasteiger partial charge on any atom is 0.165 e. The zero-order chi connectivity index (χ0) is 30.0. The second-order valence-electron chi connectivity index (χ2n) is 10.9. The molecule has 4 aromatic heterocycles. The van der Waals surface area contributed by atoms with Crippen molar-refractivity contribution in [1.29, 1.82) is 5.26 Å². The fraction of sp³-hybridized carbons (Fsp3) is 0.176. The summed E-state index contributed by atoms with van der Waals surface area (Å²) in [5, 5.41) is 9.23. The molecule has 0 saturated carbocycles. The molecule has 216 valence electrons. The molecule has 0 spiro atoms. The molecular formula is C34H30N10. The molecule has 10 nitrogen and oxygen atoms in total. The molecule has 1 aliphatic heterocycles. The van der Waals surface area contributed by atoms with E-state index in [-0.39, 0.29) is 6.04 Å². The SMILES string of the molecule is C[C@H]1CN(Cc2ccc(-n3c(-c4cccnc4N)nc4ccc(-c5ccccc5)nc43)cc2)CCN1c1cc(C#N)ncn1. The quantitative estimate of drug-likeness (QED) is 0.287. The lowest BCUT2D eigenvalue weighted by molar-refractivity contribution is 0.220. The number of benzene rings is 2. The van der Waals surface area contributed by atoms with Crippen LogP contribution in [-0.2, 0) is 6.54 Å². The highest BCUT2D eigenvalue weighted by Crippen LogP contribution is 2.32. The van der Waals surface area contributed by atoms with E-state index in [1.807, 2.05) is 42.5 Å². The van der Waals surface area contributed by atoms with Gasteiger partial charge in [-0.1, -0.05) is 42.5 Å². The van der Waals surface area contributed by atoms with Crippen LogP contribution < -0.4 is 10.6 Å². The highest BCUT2D eigenvalue weighted by molar-refractivity contribution is 5.84. The second kappa shape index (κ2) is 11.6. The lowest BCUT2D eigenvalue weighted by atomic mass is 10.1. The van der Waals surface area contributed by atoms with E-state index < -0.39 is 0 Å². The van der Waals surface area contributed by atoms with Gasteiger partial charge in [-0.15, -0.1) is 0 Å². The van der Waals surface area contributed by atoms with E-state index in [0.717, 1.165) is 65.7 Å². The molecule has 2 N–H and O–H groups in total. The highest BCUT2D eigenvalue weighted by Gasteiger charge is 2.25. The highest BCUT2D eigenvalue weighted by atomic mass is 15.3. The van der Waals surface area contributed by atoms with Crippen molar-refractivity contribution in [1.82, 2.24) is 34.4 Å². The Labute approximate surface area is 255 Å². The van der Waals surface area contributed by atoms with Crippen molar-refractivity contribution in [3.8, 4) is 34.4 Å². The van der Waals surface area contributed by atoms with Gasteiger partial charge in [-0.2, -0.15) is 5.26 Å². The molecular weight excluding hydrogens is 548 g/mol. The standard InChI is InChI=1S/C34H30N10/c1-23-20-42(16-17-43(23)31-18-26(19-35)38-22-39-31)21-24-9-11-27(12-10-24)44-33(28-8-5-15-37-32(28)36)41-30-14-13-29(40-34(30)44)25-6-3-2-4-7-25/h2-15,18,22-23H,16-17,20-21H2,1H3,(H2,36,37)/t23-/m0/s1. The molecule has 44 heavy (non-hydrogen) atoms. The first kappa shape index (κ1) is 27.2. The predicted octanol–water partition coefficient (Wildman–Crippen LogP) is 5.10. The summed E-state index contributed by atoms with van der Waals surface area (Å²) in [5.74, 6) is 1.92. The summed E-state index contributed by atoms with van der Waals surface area (Å²) in [6.07, 6.45) is 3.15. The molecule has 1 saturated heterocycles.